The van der Waals surface area contributed by atoms with Gasteiger partial charge in [-0.15, -0.1) is 0 Å². The average molecular weight is 307 g/mol. The van der Waals surface area contributed by atoms with Crippen molar-refractivity contribution in [2.75, 3.05) is 27.2 Å². The fourth-order valence-corrected chi connectivity index (χ4v) is 3.53. The van der Waals surface area contributed by atoms with Crippen LogP contribution >= 0.6 is 11.6 Å². The van der Waals surface area contributed by atoms with E-state index < -0.39 is 10.0 Å². The number of hydrogen-bond acceptors (Lipinski definition) is 5. The molecule has 0 N–H and O–H groups in total. The van der Waals surface area contributed by atoms with Crippen molar-refractivity contribution in [3.63, 3.8) is 0 Å². The lowest BCUT2D eigenvalue weighted by atomic mass is 10.3. The first kappa shape index (κ1) is 16.3. The summed E-state index contributed by atoms with van der Waals surface area (Å²) in [5.74, 6) is 0. The molecule has 1 aromatic heterocycles. The van der Waals surface area contributed by atoms with E-state index in [9.17, 15) is 8.42 Å². The zero-order chi connectivity index (χ0) is 14.6. The van der Waals surface area contributed by atoms with Gasteiger partial charge in [-0.05, 0) is 32.6 Å². The maximum absolute atomic E-state index is 12.5. The summed E-state index contributed by atoms with van der Waals surface area (Å²) in [6, 6.07) is -0.138. The van der Waals surface area contributed by atoms with Crippen LogP contribution in [0.4, 0.5) is 0 Å². The molecule has 19 heavy (non-hydrogen) atoms. The van der Waals surface area contributed by atoms with Gasteiger partial charge in [0.05, 0.1) is 12.4 Å². The smallest absolute Gasteiger partial charge is 0.246 e. The Hall–Kier alpha value is -0.760. The Kier molecular flexibility index (Phi) is 5.66. The Balaban J connectivity index is 3.05. The van der Waals surface area contributed by atoms with E-state index in [2.05, 4.69) is 9.97 Å². The molecule has 0 saturated heterocycles. The molecule has 1 aromatic rings. The third-order valence-corrected chi connectivity index (χ3v) is 4.87. The minimum absolute atomic E-state index is 0.0309. The molecule has 1 atom stereocenters. The monoisotopic (exact) mass is 306 g/mol. The van der Waals surface area contributed by atoms with Crippen LogP contribution < -0.4 is 0 Å². The zero-order valence-electron chi connectivity index (χ0n) is 11.5. The van der Waals surface area contributed by atoms with Crippen molar-refractivity contribution in [2.45, 2.75) is 24.8 Å². The molecule has 1 heterocycles. The summed E-state index contributed by atoms with van der Waals surface area (Å²) in [7, 11) is 0.221. The highest BCUT2D eigenvalue weighted by Gasteiger charge is 2.28. The van der Waals surface area contributed by atoms with Crippen LogP contribution in [0.25, 0.3) is 0 Å². The van der Waals surface area contributed by atoms with Crippen LogP contribution in [0.1, 0.15) is 13.8 Å². The predicted molar refractivity (Wildman–Crippen MR) is 74.6 cm³/mol. The molecular weight excluding hydrogens is 288 g/mol. The molecule has 0 spiro atoms. The lowest BCUT2D eigenvalue weighted by Gasteiger charge is -2.28. The van der Waals surface area contributed by atoms with Crippen molar-refractivity contribution in [3.05, 3.63) is 17.7 Å². The molecule has 0 saturated carbocycles. The highest BCUT2D eigenvalue weighted by molar-refractivity contribution is 7.89. The van der Waals surface area contributed by atoms with E-state index >= 15 is 0 Å². The number of sulfonamides is 1. The van der Waals surface area contributed by atoms with Crippen LogP contribution in [0.3, 0.4) is 0 Å². The largest absolute Gasteiger partial charge is 0.308 e. The Morgan fingerprint density at radius 2 is 1.84 bits per heavy atom. The molecule has 0 aromatic carbocycles. The Morgan fingerprint density at radius 1 is 1.32 bits per heavy atom. The molecule has 8 heteroatoms. The number of aromatic nitrogens is 2. The topological polar surface area (TPSA) is 66.4 Å². The van der Waals surface area contributed by atoms with E-state index in [0.717, 1.165) is 0 Å². The summed E-state index contributed by atoms with van der Waals surface area (Å²) < 4.78 is 26.4. The quantitative estimate of drug-likeness (QED) is 0.736. The van der Waals surface area contributed by atoms with Crippen molar-refractivity contribution in [1.29, 1.82) is 0 Å². The maximum Gasteiger partial charge on any atom is 0.246 e. The van der Waals surface area contributed by atoms with Gasteiger partial charge in [0.2, 0.25) is 15.3 Å². The molecule has 1 rings (SSSR count). The molecule has 1 unspecified atom stereocenters. The van der Waals surface area contributed by atoms with E-state index in [0.29, 0.717) is 13.1 Å². The summed E-state index contributed by atoms with van der Waals surface area (Å²) >= 11 is 5.57. The molecule has 0 aliphatic rings. The van der Waals surface area contributed by atoms with E-state index in [1.807, 2.05) is 25.9 Å². The fraction of sp³-hybridized carbons (Fsp3) is 0.636. The van der Waals surface area contributed by atoms with Crippen LogP contribution in [0, 0.1) is 0 Å². The highest BCUT2D eigenvalue weighted by Crippen LogP contribution is 2.17. The summed E-state index contributed by atoms with van der Waals surface area (Å²) in [6.45, 7) is 4.71. The van der Waals surface area contributed by atoms with Gasteiger partial charge < -0.3 is 4.90 Å². The van der Waals surface area contributed by atoms with Crippen molar-refractivity contribution in [2.24, 2.45) is 0 Å². The Bertz CT molecular complexity index is 504. The molecule has 6 nitrogen and oxygen atoms in total. The predicted octanol–water partition coefficient (Wildman–Crippen LogP) is 1.09. The van der Waals surface area contributed by atoms with E-state index in [1.54, 1.807) is 6.92 Å². The SMILES string of the molecule is CCN(C(C)CN(C)C)S(=O)(=O)c1cnc(Cl)nc1. The fourth-order valence-electron chi connectivity index (χ4n) is 1.91. The number of halogens is 1. The molecule has 0 aliphatic carbocycles. The summed E-state index contributed by atoms with van der Waals surface area (Å²) in [5, 5.41) is 0.0309. The lowest BCUT2D eigenvalue weighted by molar-refractivity contribution is 0.271. The molecule has 0 amide bonds. The van der Waals surface area contributed by atoms with Gasteiger partial charge in [0.15, 0.2) is 0 Å². The van der Waals surface area contributed by atoms with Gasteiger partial charge >= 0.3 is 0 Å². The van der Waals surface area contributed by atoms with E-state index in [1.165, 1.54) is 16.7 Å². The van der Waals surface area contributed by atoms with Crippen LogP contribution in [0.2, 0.25) is 5.28 Å². The number of rotatable bonds is 6. The maximum atomic E-state index is 12.5. The van der Waals surface area contributed by atoms with Gasteiger partial charge in [-0.25, -0.2) is 18.4 Å². The average Bonchev–Trinajstić information content (AvgIpc) is 2.28. The Morgan fingerprint density at radius 3 is 2.26 bits per heavy atom. The van der Waals surface area contributed by atoms with Gasteiger partial charge in [0.25, 0.3) is 0 Å². The first-order chi connectivity index (χ1) is 8.78. The minimum atomic E-state index is -3.59. The number of likely N-dealkylation sites (N-methyl/N-ethyl adjacent to an activating group) is 2. The van der Waals surface area contributed by atoms with Crippen molar-refractivity contribution >= 4 is 21.6 Å². The summed E-state index contributed by atoms with van der Waals surface area (Å²) in [6.07, 6.45) is 2.46. The van der Waals surface area contributed by atoms with Crippen LogP contribution in [-0.4, -0.2) is 60.8 Å². The molecular formula is C11H19ClN4O2S. The second-order valence-corrected chi connectivity index (χ2v) is 6.74. The van der Waals surface area contributed by atoms with Gasteiger partial charge in [0.1, 0.15) is 4.90 Å². The second-order valence-electron chi connectivity index (χ2n) is 4.51. The molecule has 0 radical (unpaired) electrons. The zero-order valence-corrected chi connectivity index (χ0v) is 13.1. The van der Waals surface area contributed by atoms with Crippen molar-refractivity contribution < 1.29 is 8.42 Å². The standard InChI is InChI=1S/C11H19ClN4O2S/c1-5-16(9(2)8-15(3)4)19(17,18)10-6-13-11(12)14-7-10/h6-7,9H,5,8H2,1-4H3. The van der Waals surface area contributed by atoms with Crippen LogP contribution in [-0.2, 0) is 10.0 Å². The Labute approximate surface area is 119 Å². The van der Waals surface area contributed by atoms with Crippen LogP contribution in [0.5, 0.6) is 0 Å². The third kappa shape index (κ3) is 4.10. The van der Waals surface area contributed by atoms with E-state index in [-0.39, 0.29) is 16.2 Å². The highest BCUT2D eigenvalue weighted by atomic mass is 35.5. The minimum Gasteiger partial charge on any atom is -0.308 e. The summed E-state index contributed by atoms with van der Waals surface area (Å²) in [4.78, 5) is 9.45. The van der Waals surface area contributed by atoms with Crippen LogP contribution in [0.15, 0.2) is 17.3 Å². The van der Waals surface area contributed by atoms with Crippen molar-refractivity contribution in [3.8, 4) is 0 Å². The van der Waals surface area contributed by atoms with Crippen molar-refractivity contribution in [1.82, 2.24) is 19.2 Å². The first-order valence-electron chi connectivity index (χ1n) is 5.93. The normalized spacial score (nSPS) is 14.1. The van der Waals surface area contributed by atoms with Gasteiger partial charge in [0, 0.05) is 19.1 Å². The van der Waals surface area contributed by atoms with Gasteiger partial charge in [-0.1, -0.05) is 6.92 Å². The first-order valence-corrected chi connectivity index (χ1v) is 7.75. The number of hydrogen-bond donors (Lipinski definition) is 0. The van der Waals surface area contributed by atoms with Gasteiger partial charge in [-0.2, -0.15) is 4.31 Å². The van der Waals surface area contributed by atoms with E-state index in [4.69, 9.17) is 11.6 Å². The molecule has 108 valence electrons. The lowest BCUT2D eigenvalue weighted by Crippen LogP contribution is -2.43. The molecule has 0 aliphatic heterocycles. The summed E-state index contributed by atoms with van der Waals surface area (Å²) in [5.41, 5.74) is 0. The molecule has 0 fully saturated rings. The second kappa shape index (κ2) is 6.60. The third-order valence-electron chi connectivity index (χ3n) is 2.64. The van der Waals surface area contributed by atoms with Gasteiger partial charge in [-0.3, -0.25) is 0 Å². The number of nitrogens with zero attached hydrogens (tertiary/aromatic N) is 4. The molecule has 0 bridgehead atoms.